The molecule has 3 heterocycles. The molecular weight excluding hydrogens is 587 g/mol. The van der Waals surface area contributed by atoms with Crippen molar-refractivity contribution in [2.24, 2.45) is 11.8 Å². The van der Waals surface area contributed by atoms with Crippen LogP contribution in [0.1, 0.15) is 74.3 Å². The van der Waals surface area contributed by atoms with E-state index in [1.165, 1.54) is 24.3 Å². The molecular formula is C35H45FN6O4. The highest BCUT2D eigenvalue weighted by Gasteiger charge is 2.31. The molecule has 46 heavy (non-hydrogen) atoms. The molecule has 0 bridgehead atoms. The lowest BCUT2D eigenvalue weighted by atomic mass is 9.85. The second-order valence-electron chi connectivity index (χ2n) is 13.2. The number of fused-ring (bicyclic) bond motifs is 1. The lowest BCUT2D eigenvalue weighted by Crippen LogP contribution is -2.46. The third-order valence-corrected chi connectivity index (χ3v) is 9.61. The summed E-state index contributed by atoms with van der Waals surface area (Å²) in [7, 11) is 0. The standard InChI is InChI=1S/C35H45FN6O4/c1-23(2)37-32(43)26-6-10-29(11-7-26)42-31-21-24(22-40-15-13-27(14-16-40)34(45)41-17-19-46-20-18-41)3-12-30(31)38-35(42)39-33(44)25-4-8-28(36)9-5-25/h3-5,8-9,12,21,23,26-27,29H,6-7,10-11,13-20,22H2,1-2H3,(H,37,43)(H,38,39,44). The van der Waals surface area contributed by atoms with Crippen LogP contribution in [0.4, 0.5) is 10.3 Å². The maximum absolute atomic E-state index is 13.5. The minimum Gasteiger partial charge on any atom is -0.378 e. The Bertz CT molecular complexity index is 1530. The Kier molecular flexibility index (Phi) is 9.98. The number of nitrogens with one attached hydrogen (secondary N) is 2. The highest BCUT2D eigenvalue weighted by atomic mass is 19.1. The first-order valence-electron chi connectivity index (χ1n) is 16.7. The summed E-state index contributed by atoms with van der Waals surface area (Å²) in [6.07, 6.45) is 4.79. The van der Waals surface area contributed by atoms with Gasteiger partial charge in [-0.25, -0.2) is 9.37 Å². The Morgan fingerprint density at radius 2 is 1.61 bits per heavy atom. The number of hydrogen-bond donors (Lipinski definition) is 2. The SMILES string of the molecule is CC(C)NC(=O)C1CCC(n2c(NC(=O)c3ccc(F)cc3)nc3ccc(CN4CCC(C(=O)N5CCOCC5)CC4)cc32)CC1. The molecule has 1 saturated carbocycles. The third kappa shape index (κ3) is 7.41. The molecule has 3 aliphatic rings. The highest BCUT2D eigenvalue weighted by Crippen LogP contribution is 2.37. The smallest absolute Gasteiger partial charge is 0.257 e. The van der Waals surface area contributed by atoms with E-state index in [4.69, 9.17) is 9.72 Å². The van der Waals surface area contributed by atoms with Crippen molar-refractivity contribution in [3.05, 3.63) is 59.4 Å². The first kappa shape index (κ1) is 32.1. The molecule has 0 atom stereocenters. The summed E-state index contributed by atoms with van der Waals surface area (Å²) >= 11 is 0. The van der Waals surface area contributed by atoms with E-state index in [1.807, 2.05) is 24.8 Å². The van der Waals surface area contributed by atoms with Gasteiger partial charge in [0.25, 0.3) is 5.91 Å². The Morgan fingerprint density at radius 1 is 0.913 bits per heavy atom. The zero-order chi connectivity index (χ0) is 32.2. The summed E-state index contributed by atoms with van der Waals surface area (Å²) in [4.78, 5) is 48.2. The normalized spacial score (nSPS) is 21.4. The van der Waals surface area contributed by atoms with Gasteiger partial charge in [0.2, 0.25) is 17.8 Å². The molecule has 2 aromatic carbocycles. The lowest BCUT2D eigenvalue weighted by molar-refractivity contribution is -0.141. The van der Waals surface area contributed by atoms with Gasteiger partial charge in [0.1, 0.15) is 5.82 Å². The number of imidazole rings is 1. The van der Waals surface area contributed by atoms with Crippen molar-refractivity contribution in [2.45, 2.75) is 71.0 Å². The van der Waals surface area contributed by atoms with Gasteiger partial charge >= 0.3 is 0 Å². The minimum atomic E-state index is -0.400. The number of morpholine rings is 1. The van der Waals surface area contributed by atoms with E-state index >= 15 is 0 Å². The average molecular weight is 633 g/mol. The number of halogens is 1. The van der Waals surface area contributed by atoms with Gasteiger partial charge in [-0.05, 0) is 107 Å². The van der Waals surface area contributed by atoms with E-state index in [0.29, 0.717) is 37.8 Å². The van der Waals surface area contributed by atoms with Gasteiger partial charge in [0.05, 0.1) is 24.2 Å². The maximum atomic E-state index is 13.5. The molecule has 0 radical (unpaired) electrons. The van der Waals surface area contributed by atoms with Crippen LogP contribution in [0.2, 0.25) is 0 Å². The number of carbonyl (C=O) groups is 3. The van der Waals surface area contributed by atoms with Crippen LogP contribution in [0.5, 0.6) is 0 Å². The predicted octanol–water partition coefficient (Wildman–Crippen LogP) is 4.75. The summed E-state index contributed by atoms with van der Waals surface area (Å²) in [5, 5.41) is 6.04. The third-order valence-electron chi connectivity index (χ3n) is 9.61. The number of carbonyl (C=O) groups excluding carboxylic acids is 3. The number of nitrogens with zero attached hydrogens (tertiary/aromatic N) is 4. The number of benzene rings is 2. The second kappa shape index (κ2) is 14.3. The van der Waals surface area contributed by atoms with Crippen molar-refractivity contribution >= 4 is 34.7 Å². The van der Waals surface area contributed by atoms with Crippen molar-refractivity contribution in [1.29, 1.82) is 0 Å². The molecule has 2 aliphatic heterocycles. The minimum absolute atomic E-state index is 0.0284. The topological polar surface area (TPSA) is 109 Å². The largest absolute Gasteiger partial charge is 0.378 e. The number of anilines is 1. The van der Waals surface area contributed by atoms with Crippen LogP contribution in [-0.2, 0) is 20.9 Å². The van der Waals surface area contributed by atoms with Crippen molar-refractivity contribution in [2.75, 3.05) is 44.7 Å². The van der Waals surface area contributed by atoms with Crippen molar-refractivity contribution in [3.8, 4) is 0 Å². The molecule has 3 fully saturated rings. The number of piperidine rings is 1. The lowest BCUT2D eigenvalue weighted by Gasteiger charge is -2.35. The van der Waals surface area contributed by atoms with Crippen LogP contribution in [0.3, 0.4) is 0 Å². The molecule has 2 N–H and O–H groups in total. The maximum Gasteiger partial charge on any atom is 0.257 e. The average Bonchev–Trinajstić information content (AvgIpc) is 3.42. The molecule has 11 heteroatoms. The molecule has 3 amide bonds. The fraction of sp³-hybridized carbons (Fsp3) is 0.543. The first-order chi connectivity index (χ1) is 22.2. The van der Waals surface area contributed by atoms with E-state index in [-0.39, 0.29) is 41.6 Å². The molecule has 6 rings (SSSR count). The van der Waals surface area contributed by atoms with Gasteiger partial charge in [0.15, 0.2) is 0 Å². The summed E-state index contributed by atoms with van der Waals surface area (Å²) in [5.74, 6) is 0.117. The number of hydrogen-bond acceptors (Lipinski definition) is 6. The number of ether oxygens (including phenoxy) is 1. The van der Waals surface area contributed by atoms with Gasteiger partial charge in [-0.3, -0.25) is 24.6 Å². The van der Waals surface area contributed by atoms with Gasteiger partial charge in [0, 0.05) is 49.1 Å². The van der Waals surface area contributed by atoms with Crippen LogP contribution in [0.25, 0.3) is 11.0 Å². The number of rotatable bonds is 8. The van der Waals surface area contributed by atoms with Crippen LogP contribution in [0, 0.1) is 17.7 Å². The van der Waals surface area contributed by atoms with Crippen molar-refractivity contribution in [3.63, 3.8) is 0 Å². The zero-order valence-electron chi connectivity index (χ0n) is 26.8. The molecule has 2 saturated heterocycles. The Morgan fingerprint density at radius 3 is 2.28 bits per heavy atom. The number of aromatic nitrogens is 2. The van der Waals surface area contributed by atoms with E-state index in [0.717, 1.165) is 74.8 Å². The van der Waals surface area contributed by atoms with E-state index in [1.54, 1.807) is 0 Å². The molecule has 246 valence electrons. The quantitative estimate of drug-likeness (QED) is 0.371. The molecule has 1 aromatic heterocycles. The fourth-order valence-corrected chi connectivity index (χ4v) is 7.11. The van der Waals surface area contributed by atoms with E-state index in [9.17, 15) is 18.8 Å². The van der Waals surface area contributed by atoms with Crippen molar-refractivity contribution in [1.82, 2.24) is 24.7 Å². The number of amides is 3. The van der Waals surface area contributed by atoms with Gasteiger partial charge in [-0.15, -0.1) is 0 Å². The highest BCUT2D eigenvalue weighted by molar-refractivity contribution is 6.04. The molecule has 0 spiro atoms. The zero-order valence-corrected chi connectivity index (χ0v) is 26.8. The van der Waals surface area contributed by atoms with Gasteiger partial charge in [-0.1, -0.05) is 6.07 Å². The molecule has 3 aromatic rings. The first-order valence-corrected chi connectivity index (χ1v) is 16.7. The summed E-state index contributed by atoms with van der Waals surface area (Å²) in [6.45, 7) is 9.05. The van der Waals surface area contributed by atoms with Crippen molar-refractivity contribution < 1.29 is 23.5 Å². The van der Waals surface area contributed by atoms with Gasteiger partial charge in [-0.2, -0.15) is 0 Å². The summed E-state index contributed by atoms with van der Waals surface area (Å²) in [6, 6.07) is 11.9. The van der Waals surface area contributed by atoms with Crippen LogP contribution < -0.4 is 10.6 Å². The molecule has 1 aliphatic carbocycles. The van der Waals surface area contributed by atoms with Crippen LogP contribution >= 0.6 is 0 Å². The van der Waals surface area contributed by atoms with Gasteiger partial charge < -0.3 is 19.5 Å². The Labute approximate surface area is 269 Å². The fourth-order valence-electron chi connectivity index (χ4n) is 7.11. The Hall–Kier alpha value is -3.83. The molecule has 0 unspecified atom stereocenters. The summed E-state index contributed by atoms with van der Waals surface area (Å²) < 4.78 is 21.1. The predicted molar refractivity (Wildman–Crippen MR) is 174 cm³/mol. The second-order valence-corrected chi connectivity index (χ2v) is 13.2. The Balaban J connectivity index is 1.19. The number of likely N-dealkylation sites (tertiary alicyclic amines) is 1. The van der Waals surface area contributed by atoms with E-state index < -0.39 is 5.82 Å². The van der Waals surface area contributed by atoms with E-state index in [2.05, 4.69) is 32.2 Å². The van der Waals surface area contributed by atoms with Crippen LogP contribution in [0.15, 0.2) is 42.5 Å². The molecule has 10 nitrogen and oxygen atoms in total. The van der Waals surface area contributed by atoms with Crippen LogP contribution in [-0.4, -0.2) is 82.5 Å². The monoisotopic (exact) mass is 632 g/mol. The summed E-state index contributed by atoms with van der Waals surface area (Å²) in [5.41, 5.74) is 3.23.